The van der Waals surface area contributed by atoms with Gasteiger partial charge < -0.3 is 20.5 Å². The molecule has 21 heavy (non-hydrogen) atoms. The van der Waals surface area contributed by atoms with E-state index < -0.39 is 5.60 Å². The Morgan fingerprint density at radius 2 is 2.38 bits per heavy atom. The zero-order valence-electron chi connectivity index (χ0n) is 12.3. The maximum absolute atomic E-state index is 12.3. The van der Waals surface area contributed by atoms with Crippen molar-refractivity contribution in [3.05, 3.63) is 34.9 Å². The maximum atomic E-state index is 12.3. The Balaban J connectivity index is 1.65. The summed E-state index contributed by atoms with van der Waals surface area (Å²) in [7, 11) is 0. The van der Waals surface area contributed by atoms with E-state index >= 15 is 0 Å². The van der Waals surface area contributed by atoms with Gasteiger partial charge in [0.05, 0.1) is 6.10 Å². The van der Waals surface area contributed by atoms with Crippen molar-refractivity contribution >= 4 is 5.91 Å². The van der Waals surface area contributed by atoms with E-state index in [2.05, 4.69) is 10.6 Å². The van der Waals surface area contributed by atoms with E-state index in [4.69, 9.17) is 4.74 Å². The van der Waals surface area contributed by atoms with E-state index in [0.717, 1.165) is 19.5 Å². The quantitative estimate of drug-likeness (QED) is 0.762. The summed E-state index contributed by atoms with van der Waals surface area (Å²) in [6.45, 7) is 4.40. The zero-order valence-corrected chi connectivity index (χ0v) is 12.3. The third kappa shape index (κ3) is 2.95. The molecule has 2 aliphatic heterocycles. The van der Waals surface area contributed by atoms with Crippen LogP contribution in [-0.4, -0.2) is 42.4 Å². The van der Waals surface area contributed by atoms with Crippen LogP contribution in [0.3, 0.4) is 0 Å². The van der Waals surface area contributed by atoms with Crippen LogP contribution in [0.25, 0.3) is 0 Å². The first-order valence-electron chi connectivity index (χ1n) is 7.53. The Labute approximate surface area is 124 Å². The number of amides is 1. The Bertz CT molecular complexity index is 546. The van der Waals surface area contributed by atoms with Gasteiger partial charge >= 0.3 is 0 Å². The lowest BCUT2D eigenvalue weighted by atomic mass is 9.96. The number of carbonyl (C=O) groups is 1. The van der Waals surface area contributed by atoms with Crippen LogP contribution in [0, 0.1) is 0 Å². The van der Waals surface area contributed by atoms with Gasteiger partial charge in [-0.05, 0) is 43.1 Å². The summed E-state index contributed by atoms with van der Waals surface area (Å²) in [5, 5.41) is 16.5. The standard InChI is InChI=1S/C16H22N2O3/c1-11-16(20,5-7-21-11)10-18-15(19)13-3-2-12-4-6-17-9-14(12)8-13/h2-3,8,11,17,20H,4-7,9-10H2,1H3,(H,18,19). The maximum Gasteiger partial charge on any atom is 0.251 e. The van der Waals surface area contributed by atoms with E-state index in [1.807, 2.05) is 25.1 Å². The lowest BCUT2D eigenvalue weighted by Gasteiger charge is -2.26. The van der Waals surface area contributed by atoms with Crippen LogP contribution in [0.2, 0.25) is 0 Å². The fourth-order valence-corrected chi connectivity index (χ4v) is 2.96. The van der Waals surface area contributed by atoms with Crippen molar-refractivity contribution < 1.29 is 14.6 Å². The van der Waals surface area contributed by atoms with Gasteiger partial charge in [-0.1, -0.05) is 6.07 Å². The SMILES string of the molecule is CC1OCCC1(O)CNC(=O)c1ccc2c(c1)CNCC2. The summed E-state index contributed by atoms with van der Waals surface area (Å²) in [6, 6.07) is 5.83. The highest BCUT2D eigenvalue weighted by Crippen LogP contribution is 2.25. The molecule has 0 radical (unpaired) electrons. The number of nitrogens with one attached hydrogen (secondary N) is 2. The molecule has 3 rings (SSSR count). The molecule has 2 aliphatic rings. The van der Waals surface area contributed by atoms with Crippen molar-refractivity contribution in [3.63, 3.8) is 0 Å². The van der Waals surface area contributed by atoms with E-state index in [9.17, 15) is 9.90 Å². The second-order valence-corrected chi connectivity index (χ2v) is 5.96. The van der Waals surface area contributed by atoms with Crippen LogP contribution < -0.4 is 10.6 Å². The van der Waals surface area contributed by atoms with Gasteiger partial charge in [0.2, 0.25) is 0 Å². The van der Waals surface area contributed by atoms with E-state index in [0.29, 0.717) is 18.6 Å². The lowest BCUT2D eigenvalue weighted by molar-refractivity contribution is -0.0251. The van der Waals surface area contributed by atoms with Crippen LogP contribution in [-0.2, 0) is 17.7 Å². The second kappa shape index (κ2) is 5.75. The Morgan fingerprint density at radius 3 is 3.14 bits per heavy atom. The molecule has 2 atom stereocenters. The Morgan fingerprint density at radius 1 is 1.52 bits per heavy atom. The molecule has 1 aromatic rings. The molecule has 1 fully saturated rings. The molecule has 1 saturated heterocycles. The molecule has 1 aromatic carbocycles. The molecule has 0 spiro atoms. The monoisotopic (exact) mass is 290 g/mol. The van der Waals surface area contributed by atoms with Gasteiger partial charge in [0.25, 0.3) is 5.91 Å². The van der Waals surface area contributed by atoms with Crippen molar-refractivity contribution in [2.45, 2.75) is 38.0 Å². The van der Waals surface area contributed by atoms with Gasteiger partial charge in [-0.25, -0.2) is 0 Å². The smallest absolute Gasteiger partial charge is 0.251 e. The summed E-state index contributed by atoms with van der Waals surface area (Å²) in [6.07, 6.45) is 1.32. The van der Waals surface area contributed by atoms with Crippen LogP contribution in [0.4, 0.5) is 0 Å². The number of ether oxygens (including phenoxy) is 1. The number of hydrogen-bond donors (Lipinski definition) is 3. The number of hydrogen-bond acceptors (Lipinski definition) is 4. The van der Waals surface area contributed by atoms with Crippen LogP contribution in [0.5, 0.6) is 0 Å². The lowest BCUT2D eigenvalue weighted by Crippen LogP contribution is -2.47. The van der Waals surface area contributed by atoms with Gasteiger partial charge in [0.1, 0.15) is 5.60 Å². The molecule has 0 saturated carbocycles. The van der Waals surface area contributed by atoms with Crippen LogP contribution >= 0.6 is 0 Å². The highest BCUT2D eigenvalue weighted by molar-refractivity contribution is 5.94. The summed E-state index contributed by atoms with van der Waals surface area (Å²) in [4.78, 5) is 12.3. The second-order valence-electron chi connectivity index (χ2n) is 5.96. The number of benzene rings is 1. The summed E-state index contributed by atoms with van der Waals surface area (Å²) in [5.74, 6) is -0.143. The fourth-order valence-electron chi connectivity index (χ4n) is 2.96. The van der Waals surface area contributed by atoms with Crippen molar-refractivity contribution in [2.24, 2.45) is 0 Å². The molecular formula is C16H22N2O3. The topological polar surface area (TPSA) is 70.6 Å². The molecule has 2 unspecified atom stereocenters. The number of rotatable bonds is 3. The summed E-state index contributed by atoms with van der Waals surface area (Å²) < 4.78 is 5.37. The Kier molecular flexibility index (Phi) is 3.97. The van der Waals surface area contributed by atoms with Gasteiger partial charge in [0.15, 0.2) is 0 Å². The largest absolute Gasteiger partial charge is 0.385 e. The third-order valence-corrected chi connectivity index (χ3v) is 4.57. The van der Waals surface area contributed by atoms with Crippen LogP contribution in [0.15, 0.2) is 18.2 Å². The highest BCUT2D eigenvalue weighted by Gasteiger charge is 2.39. The number of carbonyl (C=O) groups excluding carboxylic acids is 1. The van der Waals surface area contributed by atoms with Gasteiger partial charge in [-0.3, -0.25) is 4.79 Å². The molecule has 0 aromatic heterocycles. The molecule has 0 aliphatic carbocycles. The Hall–Kier alpha value is -1.43. The first-order valence-corrected chi connectivity index (χ1v) is 7.53. The van der Waals surface area contributed by atoms with E-state index in [1.165, 1.54) is 11.1 Å². The zero-order chi connectivity index (χ0) is 14.9. The van der Waals surface area contributed by atoms with Gasteiger partial charge in [-0.15, -0.1) is 0 Å². The highest BCUT2D eigenvalue weighted by atomic mass is 16.5. The molecular weight excluding hydrogens is 268 g/mol. The molecule has 2 heterocycles. The van der Waals surface area contributed by atoms with Crippen molar-refractivity contribution in [1.29, 1.82) is 0 Å². The number of aliphatic hydroxyl groups is 1. The third-order valence-electron chi connectivity index (χ3n) is 4.57. The molecule has 5 nitrogen and oxygen atoms in total. The van der Waals surface area contributed by atoms with Crippen molar-refractivity contribution in [3.8, 4) is 0 Å². The van der Waals surface area contributed by atoms with E-state index in [1.54, 1.807) is 0 Å². The molecule has 114 valence electrons. The first kappa shape index (κ1) is 14.5. The van der Waals surface area contributed by atoms with Gasteiger partial charge in [0, 0.05) is 31.7 Å². The van der Waals surface area contributed by atoms with Crippen molar-refractivity contribution in [1.82, 2.24) is 10.6 Å². The minimum absolute atomic E-state index is 0.143. The predicted octanol–water partition coefficient (Wildman–Crippen LogP) is 0.602. The summed E-state index contributed by atoms with van der Waals surface area (Å²) in [5.41, 5.74) is 2.19. The minimum atomic E-state index is -0.953. The molecule has 1 amide bonds. The average Bonchev–Trinajstić information content (AvgIpc) is 2.84. The van der Waals surface area contributed by atoms with Crippen LogP contribution in [0.1, 0.15) is 34.8 Å². The van der Waals surface area contributed by atoms with Crippen molar-refractivity contribution in [2.75, 3.05) is 19.7 Å². The molecule has 5 heteroatoms. The fraction of sp³-hybridized carbons (Fsp3) is 0.562. The normalized spacial score (nSPS) is 28.2. The molecule has 0 bridgehead atoms. The molecule has 3 N–H and O–H groups in total. The van der Waals surface area contributed by atoms with E-state index in [-0.39, 0.29) is 18.6 Å². The first-order chi connectivity index (χ1) is 10.1. The van der Waals surface area contributed by atoms with Gasteiger partial charge in [-0.2, -0.15) is 0 Å². The predicted molar refractivity (Wildman–Crippen MR) is 79.2 cm³/mol. The number of fused-ring (bicyclic) bond motifs is 1. The minimum Gasteiger partial charge on any atom is -0.385 e. The average molecular weight is 290 g/mol. The summed E-state index contributed by atoms with van der Waals surface area (Å²) >= 11 is 0.